The number of carbonyl (C=O) groups is 1. The largest absolute Gasteiger partial charge is 0.339 e. The standard InChI is InChI=1S/C15H21IN2O/c1-3-18-10-8-14(9-11-18)17(2)15(19)12-4-6-13(16)7-5-12/h4-7,14H,3,8-11H2,1-2H3. The summed E-state index contributed by atoms with van der Waals surface area (Å²) in [4.78, 5) is 16.8. The summed E-state index contributed by atoms with van der Waals surface area (Å²) in [6, 6.07) is 8.20. The van der Waals surface area contributed by atoms with Gasteiger partial charge in [0.1, 0.15) is 0 Å². The molecule has 1 fully saturated rings. The molecule has 0 radical (unpaired) electrons. The first-order valence-corrected chi connectivity index (χ1v) is 7.94. The van der Waals surface area contributed by atoms with Crippen molar-refractivity contribution in [1.29, 1.82) is 0 Å². The van der Waals surface area contributed by atoms with Gasteiger partial charge < -0.3 is 9.80 Å². The summed E-state index contributed by atoms with van der Waals surface area (Å²) in [5, 5.41) is 0. The maximum atomic E-state index is 12.4. The Morgan fingerprint density at radius 2 is 1.89 bits per heavy atom. The number of hydrogen-bond donors (Lipinski definition) is 0. The van der Waals surface area contributed by atoms with Gasteiger partial charge in [0.05, 0.1) is 0 Å². The summed E-state index contributed by atoms with van der Waals surface area (Å²) >= 11 is 2.26. The van der Waals surface area contributed by atoms with Crippen LogP contribution < -0.4 is 0 Å². The van der Waals surface area contributed by atoms with Crippen LogP contribution >= 0.6 is 22.6 Å². The van der Waals surface area contributed by atoms with E-state index in [-0.39, 0.29) is 5.91 Å². The second-order valence-corrected chi connectivity index (χ2v) is 6.33. The van der Waals surface area contributed by atoms with Crippen LogP contribution in [0.5, 0.6) is 0 Å². The molecule has 104 valence electrons. The molecule has 1 aromatic carbocycles. The van der Waals surface area contributed by atoms with Crippen molar-refractivity contribution >= 4 is 28.5 Å². The van der Waals surface area contributed by atoms with Crippen LogP contribution in [0.3, 0.4) is 0 Å². The van der Waals surface area contributed by atoms with Gasteiger partial charge in [0.25, 0.3) is 5.91 Å². The highest BCUT2D eigenvalue weighted by Gasteiger charge is 2.25. The molecule has 0 saturated carbocycles. The Kier molecular flexibility index (Phi) is 5.21. The summed E-state index contributed by atoms with van der Waals surface area (Å²) in [5.41, 5.74) is 0.792. The predicted molar refractivity (Wildman–Crippen MR) is 86.4 cm³/mol. The number of likely N-dealkylation sites (tertiary alicyclic amines) is 1. The maximum Gasteiger partial charge on any atom is 0.253 e. The van der Waals surface area contributed by atoms with Crippen LogP contribution in [0.2, 0.25) is 0 Å². The van der Waals surface area contributed by atoms with E-state index >= 15 is 0 Å². The van der Waals surface area contributed by atoms with Gasteiger partial charge in [0.15, 0.2) is 0 Å². The molecule has 1 heterocycles. The fourth-order valence-electron chi connectivity index (χ4n) is 2.58. The zero-order chi connectivity index (χ0) is 13.8. The number of amides is 1. The van der Waals surface area contributed by atoms with Crippen LogP contribution in [0.25, 0.3) is 0 Å². The number of piperidine rings is 1. The second-order valence-electron chi connectivity index (χ2n) is 5.09. The van der Waals surface area contributed by atoms with Crippen molar-refractivity contribution in [2.75, 3.05) is 26.7 Å². The normalized spacial score (nSPS) is 17.4. The highest BCUT2D eigenvalue weighted by atomic mass is 127. The molecule has 1 saturated heterocycles. The van der Waals surface area contributed by atoms with Crippen LogP contribution in [0, 0.1) is 3.57 Å². The fourth-order valence-corrected chi connectivity index (χ4v) is 2.94. The number of benzene rings is 1. The lowest BCUT2D eigenvalue weighted by Crippen LogP contribution is -2.45. The number of halogens is 1. The van der Waals surface area contributed by atoms with Gasteiger partial charge in [0, 0.05) is 35.3 Å². The minimum atomic E-state index is 0.145. The molecule has 1 aromatic rings. The quantitative estimate of drug-likeness (QED) is 0.762. The van der Waals surface area contributed by atoms with Crippen molar-refractivity contribution in [3.63, 3.8) is 0 Å². The van der Waals surface area contributed by atoms with Gasteiger partial charge in [-0.25, -0.2) is 0 Å². The van der Waals surface area contributed by atoms with Gasteiger partial charge in [-0.15, -0.1) is 0 Å². The van der Waals surface area contributed by atoms with Crippen molar-refractivity contribution in [3.8, 4) is 0 Å². The van der Waals surface area contributed by atoms with Crippen LogP contribution in [-0.2, 0) is 0 Å². The lowest BCUT2D eigenvalue weighted by Gasteiger charge is -2.36. The van der Waals surface area contributed by atoms with Crippen LogP contribution in [-0.4, -0.2) is 48.4 Å². The van der Waals surface area contributed by atoms with Crippen molar-refractivity contribution in [2.45, 2.75) is 25.8 Å². The lowest BCUT2D eigenvalue weighted by atomic mass is 10.0. The van der Waals surface area contributed by atoms with E-state index in [4.69, 9.17) is 0 Å². The summed E-state index contributed by atoms with van der Waals surface area (Å²) in [5.74, 6) is 0.145. The Bertz CT molecular complexity index is 424. The van der Waals surface area contributed by atoms with Crippen molar-refractivity contribution in [3.05, 3.63) is 33.4 Å². The highest BCUT2D eigenvalue weighted by Crippen LogP contribution is 2.18. The van der Waals surface area contributed by atoms with Crippen LogP contribution in [0.4, 0.5) is 0 Å². The molecular weight excluding hydrogens is 351 g/mol. The smallest absolute Gasteiger partial charge is 0.253 e. The molecular formula is C15H21IN2O. The van der Waals surface area contributed by atoms with Crippen LogP contribution in [0.15, 0.2) is 24.3 Å². The van der Waals surface area contributed by atoms with Crippen LogP contribution in [0.1, 0.15) is 30.1 Å². The SMILES string of the molecule is CCN1CCC(N(C)C(=O)c2ccc(I)cc2)CC1. The molecule has 1 amide bonds. The Morgan fingerprint density at radius 3 is 2.42 bits per heavy atom. The van der Waals surface area contributed by atoms with Gasteiger partial charge in [-0.1, -0.05) is 6.92 Å². The van der Waals surface area contributed by atoms with E-state index in [0.717, 1.165) is 41.6 Å². The Labute approximate surface area is 129 Å². The van der Waals surface area contributed by atoms with E-state index in [1.807, 2.05) is 36.2 Å². The first kappa shape index (κ1) is 14.8. The Morgan fingerprint density at radius 1 is 1.32 bits per heavy atom. The van der Waals surface area contributed by atoms with E-state index in [1.165, 1.54) is 0 Å². The van der Waals surface area contributed by atoms with Gasteiger partial charge in [-0.05, 0) is 66.2 Å². The lowest BCUT2D eigenvalue weighted by molar-refractivity contribution is 0.0647. The molecule has 0 bridgehead atoms. The fraction of sp³-hybridized carbons (Fsp3) is 0.533. The zero-order valence-corrected chi connectivity index (χ0v) is 13.8. The first-order chi connectivity index (χ1) is 9.11. The minimum absolute atomic E-state index is 0.145. The Hall–Kier alpha value is -0.620. The third-order valence-electron chi connectivity index (χ3n) is 3.96. The van der Waals surface area contributed by atoms with Crippen molar-refractivity contribution in [2.24, 2.45) is 0 Å². The summed E-state index contributed by atoms with van der Waals surface area (Å²) in [7, 11) is 1.94. The number of rotatable bonds is 3. The van der Waals surface area contributed by atoms with Gasteiger partial charge in [0.2, 0.25) is 0 Å². The Balaban J connectivity index is 1.98. The molecule has 0 N–H and O–H groups in total. The molecule has 2 rings (SSSR count). The van der Waals surface area contributed by atoms with E-state index in [2.05, 4.69) is 34.4 Å². The molecule has 1 aliphatic rings. The third kappa shape index (κ3) is 3.69. The molecule has 0 unspecified atom stereocenters. The van der Waals surface area contributed by atoms with E-state index < -0.39 is 0 Å². The van der Waals surface area contributed by atoms with Crippen molar-refractivity contribution in [1.82, 2.24) is 9.80 Å². The topological polar surface area (TPSA) is 23.6 Å². The summed E-state index contributed by atoms with van der Waals surface area (Å²) in [6.45, 7) is 5.51. The minimum Gasteiger partial charge on any atom is -0.339 e. The molecule has 4 heteroatoms. The van der Waals surface area contributed by atoms with Gasteiger partial charge in [-0.3, -0.25) is 4.79 Å². The molecule has 0 spiro atoms. The molecule has 0 atom stereocenters. The summed E-state index contributed by atoms with van der Waals surface area (Å²) < 4.78 is 1.16. The third-order valence-corrected chi connectivity index (χ3v) is 4.68. The highest BCUT2D eigenvalue weighted by molar-refractivity contribution is 14.1. The molecule has 0 aromatic heterocycles. The zero-order valence-electron chi connectivity index (χ0n) is 11.6. The number of nitrogens with zero attached hydrogens (tertiary/aromatic N) is 2. The molecule has 19 heavy (non-hydrogen) atoms. The van der Waals surface area contributed by atoms with E-state index in [9.17, 15) is 4.79 Å². The maximum absolute atomic E-state index is 12.4. The van der Waals surface area contributed by atoms with E-state index in [0.29, 0.717) is 6.04 Å². The number of hydrogen-bond acceptors (Lipinski definition) is 2. The molecule has 0 aliphatic carbocycles. The number of carbonyl (C=O) groups excluding carboxylic acids is 1. The molecule has 1 aliphatic heterocycles. The van der Waals surface area contributed by atoms with Gasteiger partial charge >= 0.3 is 0 Å². The van der Waals surface area contributed by atoms with Gasteiger partial charge in [-0.2, -0.15) is 0 Å². The summed E-state index contributed by atoms with van der Waals surface area (Å²) in [6.07, 6.45) is 2.17. The monoisotopic (exact) mass is 372 g/mol. The second kappa shape index (κ2) is 6.70. The van der Waals surface area contributed by atoms with E-state index in [1.54, 1.807) is 0 Å². The van der Waals surface area contributed by atoms with Crippen molar-refractivity contribution < 1.29 is 4.79 Å². The average Bonchev–Trinajstić information content (AvgIpc) is 2.46. The first-order valence-electron chi connectivity index (χ1n) is 6.87. The average molecular weight is 372 g/mol. The molecule has 3 nitrogen and oxygen atoms in total. The predicted octanol–water partition coefficient (Wildman–Crippen LogP) is 2.85.